The number of nitrogens with zero attached hydrogens (tertiary/aromatic N) is 3. The van der Waals surface area contributed by atoms with Gasteiger partial charge in [0.1, 0.15) is 6.54 Å². The first-order valence-corrected chi connectivity index (χ1v) is 8.14. The molecule has 0 radical (unpaired) electrons. The van der Waals surface area contributed by atoms with Gasteiger partial charge in [0.2, 0.25) is 5.91 Å². The normalized spacial score (nSPS) is 10.7. The Hall–Kier alpha value is -3.29. The molecule has 3 rings (SSSR count). The van der Waals surface area contributed by atoms with E-state index in [0.717, 1.165) is 10.2 Å². The number of fused-ring (bicyclic) bond motifs is 1. The smallest absolute Gasteiger partial charge is 0.350 e. The second kappa shape index (κ2) is 7.73. The van der Waals surface area contributed by atoms with E-state index in [1.54, 1.807) is 38.6 Å². The third-order valence-corrected chi connectivity index (χ3v) is 3.97. The van der Waals surface area contributed by atoms with Gasteiger partial charge in [-0.1, -0.05) is 12.1 Å². The quantitative estimate of drug-likeness (QED) is 0.679. The maximum Gasteiger partial charge on any atom is 0.350 e. The molecule has 1 amide bonds. The van der Waals surface area contributed by atoms with Gasteiger partial charge in [0.05, 0.1) is 14.2 Å². The number of carbonyl (C=O) groups is 1. The Balaban J connectivity index is 1.57. The van der Waals surface area contributed by atoms with Gasteiger partial charge < -0.3 is 14.8 Å². The summed E-state index contributed by atoms with van der Waals surface area (Å²) in [6.07, 6.45) is 2.25. The predicted octanol–water partition coefficient (Wildman–Crippen LogP) is 0.872. The second-order valence-electron chi connectivity index (χ2n) is 5.66. The number of benzene rings is 1. The molecule has 0 spiro atoms. The molecule has 2 heterocycles. The van der Waals surface area contributed by atoms with Crippen LogP contribution in [-0.2, 0) is 17.8 Å². The largest absolute Gasteiger partial charge is 0.493 e. The maximum atomic E-state index is 12.1. The van der Waals surface area contributed by atoms with E-state index in [4.69, 9.17) is 9.47 Å². The van der Waals surface area contributed by atoms with Crippen LogP contribution in [0, 0.1) is 0 Å². The first-order chi connectivity index (χ1) is 12.6. The Morgan fingerprint density at radius 2 is 1.96 bits per heavy atom. The Labute approximate surface area is 150 Å². The first kappa shape index (κ1) is 17.5. The predicted molar refractivity (Wildman–Crippen MR) is 95.7 cm³/mol. The number of rotatable bonds is 7. The van der Waals surface area contributed by atoms with E-state index in [1.807, 2.05) is 18.2 Å². The van der Waals surface area contributed by atoms with Gasteiger partial charge in [-0.15, -0.1) is 5.10 Å². The summed E-state index contributed by atoms with van der Waals surface area (Å²) in [5, 5.41) is 6.93. The van der Waals surface area contributed by atoms with Crippen LogP contribution in [-0.4, -0.2) is 40.9 Å². The molecule has 0 fully saturated rings. The molecule has 136 valence electrons. The minimum Gasteiger partial charge on any atom is -0.493 e. The average Bonchev–Trinajstić information content (AvgIpc) is 2.97. The zero-order chi connectivity index (χ0) is 18.5. The summed E-state index contributed by atoms with van der Waals surface area (Å²) < 4.78 is 13.0. The molecule has 1 aromatic carbocycles. The van der Waals surface area contributed by atoms with Crippen molar-refractivity contribution < 1.29 is 14.3 Å². The van der Waals surface area contributed by atoms with Gasteiger partial charge in [0.15, 0.2) is 17.1 Å². The van der Waals surface area contributed by atoms with Crippen molar-refractivity contribution in [3.63, 3.8) is 0 Å². The van der Waals surface area contributed by atoms with Crippen molar-refractivity contribution in [2.24, 2.45) is 0 Å². The van der Waals surface area contributed by atoms with Crippen LogP contribution in [0.5, 0.6) is 11.5 Å². The number of hydrogen-bond acceptors (Lipinski definition) is 5. The van der Waals surface area contributed by atoms with Crippen LogP contribution >= 0.6 is 0 Å². The Morgan fingerprint density at radius 3 is 2.69 bits per heavy atom. The first-order valence-electron chi connectivity index (χ1n) is 8.14. The topological polar surface area (TPSA) is 86.9 Å². The number of pyridine rings is 1. The van der Waals surface area contributed by atoms with Crippen molar-refractivity contribution in [3.8, 4) is 11.5 Å². The van der Waals surface area contributed by atoms with E-state index in [2.05, 4.69) is 10.4 Å². The van der Waals surface area contributed by atoms with Gasteiger partial charge in [-0.2, -0.15) is 0 Å². The standard InChI is InChI=1S/C18H20N4O4/c1-25-14-7-6-13(11-15(14)26-2)8-9-19-17(23)12-22-18(24)21-10-4-3-5-16(21)20-22/h3-7,10-11H,8-9,12H2,1-2H3,(H,19,23). The molecule has 0 atom stereocenters. The highest BCUT2D eigenvalue weighted by Crippen LogP contribution is 2.27. The fourth-order valence-electron chi connectivity index (χ4n) is 2.65. The van der Waals surface area contributed by atoms with Crippen molar-refractivity contribution >= 4 is 11.6 Å². The highest BCUT2D eigenvalue weighted by Gasteiger charge is 2.10. The summed E-state index contributed by atoms with van der Waals surface area (Å²) in [7, 11) is 3.16. The van der Waals surface area contributed by atoms with Crippen LogP contribution in [0.4, 0.5) is 0 Å². The molecule has 8 nitrogen and oxygen atoms in total. The lowest BCUT2D eigenvalue weighted by atomic mass is 10.1. The summed E-state index contributed by atoms with van der Waals surface area (Å²) in [4.78, 5) is 24.2. The lowest BCUT2D eigenvalue weighted by molar-refractivity contribution is -0.121. The molecule has 1 N–H and O–H groups in total. The molecule has 0 saturated carbocycles. The van der Waals surface area contributed by atoms with Crippen molar-refractivity contribution in [3.05, 3.63) is 58.6 Å². The summed E-state index contributed by atoms with van der Waals surface area (Å²) in [5.41, 5.74) is 1.18. The van der Waals surface area contributed by atoms with E-state index in [9.17, 15) is 9.59 Å². The van der Waals surface area contributed by atoms with E-state index < -0.39 is 0 Å². The van der Waals surface area contributed by atoms with Crippen LogP contribution in [0.25, 0.3) is 5.65 Å². The van der Waals surface area contributed by atoms with Crippen molar-refractivity contribution in [2.75, 3.05) is 20.8 Å². The monoisotopic (exact) mass is 356 g/mol. The van der Waals surface area contributed by atoms with Gasteiger partial charge in [-0.25, -0.2) is 9.48 Å². The molecule has 0 unspecified atom stereocenters. The summed E-state index contributed by atoms with van der Waals surface area (Å²) in [6, 6.07) is 10.9. The molecule has 0 saturated heterocycles. The fourth-order valence-corrected chi connectivity index (χ4v) is 2.65. The number of ether oxygens (including phenoxy) is 2. The number of hydrogen-bond donors (Lipinski definition) is 1. The minimum atomic E-state index is -0.337. The van der Waals surface area contributed by atoms with Crippen LogP contribution < -0.4 is 20.5 Å². The highest BCUT2D eigenvalue weighted by molar-refractivity contribution is 5.75. The van der Waals surface area contributed by atoms with Crippen molar-refractivity contribution in [2.45, 2.75) is 13.0 Å². The van der Waals surface area contributed by atoms with E-state index in [1.165, 1.54) is 4.40 Å². The zero-order valence-corrected chi connectivity index (χ0v) is 14.6. The average molecular weight is 356 g/mol. The van der Waals surface area contributed by atoms with Gasteiger partial charge in [-0.3, -0.25) is 9.20 Å². The van der Waals surface area contributed by atoms with E-state index >= 15 is 0 Å². The zero-order valence-electron chi connectivity index (χ0n) is 14.6. The molecule has 0 aliphatic heterocycles. The molecule has 0 aliphatic carbocycles. The molecule has 8 heteroatoms. The van der Waals surface area contributed by atoms with E-state index in [-0.39, 0.29) is 18.1 Å². The van der Waals surface area contributed by atoms with Crippen molar-refractivity contribution in [1.29, 1.82) is 0 Å². The lowest BCUT2D eigenvalue weighted by Crippen LogP contribution is -2.33. The van der Waals surface area contributed by atoms with Crippen molar-refractivity contribution in [1.82, 2.24) is 19.5 Å². The minimum absolute atomic E-state index is 0.119. The lowest BCUT2D eigenvalue weighted by Gasteiger charge is -2.10. The number of carbonyl (C=O) groups excluding carboxylic acids is 1. The number of methoxy groups -OCH3 is 2. The SMILES string of the molecule is COc1ccc(CCNC(=O)Cn2nc3ccccn3c2=O)cc1OC. The number of aromatic nitrogens is 3. The Kier molecular flexibility index (Phi) is 5.21. The second-order valence-corrected chi connectivity index (χ2v) is 5.66. The van der Waals surface area contributed by atoms with Crippen LogP contribution in [0.15, 0.2) is 47.4 Å². The summed E-state index contributed by atoms with van der Waals surface area (Å²) >= 11 is 0. The maximum absolute atomic E-state index is 12.1. The molecular formula is C18H20N4O4. The van der Waals surface area contributed by atoms with Crippen LogP contribution in [0.2, 0.25) is 0 Å². The highest BCUT2D eigenvalue weighted by atomic mass is 16.5. The summed E-state index contributed by atoms with van der Waals surface area (Å²) in [6.45, 7) is 0.322. The van der Waals surface area contributed by atoms with Gasteiger partial charge in [0.25, 0.3) is 0 Å². The molecule has 26 heavy (non-hydrogen) atoms. The summed E-state index contributed by atoms with van der Waals surface area (Å²) in [5.74, 6) is 1.04. The molecule has 0 bridgehead atoms. The number of amides is 1. The van der Waals surface area contributed by atoms with E-state index in [0.29, 0.717) is 30.1 Å². The molecule has 3 aromatic rings. The van der Waals surface area contributed by atoms with Crippen LogP contribution in [0.1, 0.15) is 5.56 Å². The molecular weight excluding hydrogens is 336 g/mol. The van der Waals surface area contributed by atoms with Gasteiger partial charge in [0, 0.05) is 12.7 Å². The Bertz CT molecular complexity index is 977. The molecule has 0 aliphatic rings. The third kappa shape index (κ3) is 3.69. The van der Waals surface area contributed by atoms with Gasteiger partial charge in [-0.05, 0) is 36.2 Å². The number of nitrogens with one attached hydrogen (secondary N) is 1. The van der Waals surface area contributed by atoms with Crippen LogP contribution in [0.3, 0.4) is 0 Å². The molecule has 2 aromatic heterocycles. The third-order valence-electron chi connectivity index (χ3n) is 3.97. The Morgan fingerprint density at radius 1 is 1.15 bits per heavy atom. The fraction of sp³-hybridized carbons (Fsp3) is 0.278. The van der Waals surface area contributed by atoms with Gasteiger partial charge >= 0.3 is 5.69 Å².